The van der Waals surface area contributed by atoms with Crippen molar-refractivity contribution < 1.29 is 23.5 Å². The first-order valence-electron chi connectivity index (χ1n) is 11.6. The van der Waals surface area contributed by atoms with E-state index in [1.807, 2.05) is 6.07 Å². The van der Waals surface area contributed by atoms with Gasteiger partial charge >= 0.3 is 0 Å². The van der Waals surface area contributed by atoms with Gasteiger partial charge in [-0.1, -0.05) is 18.9 Å². The summed E-state index contributed by atoms with van der Waals surface area (Å²) in [4.78, 5) is 30.2. The second-order valence-electron chi connectivity index (χ2n) is 8.89. The van der Waals surface area contributed by atoms with Gasteiger partial charge in [-0.3, -0.25) is 14.5 Å². The van der Waals surface area contributed by atoms with Crippen molar-refractivity contribution in [2.45, 2.75) is 31.7 Å². The molecular formula is C25H28FN3O4. The first-order chi connectivity index (χ1) is 16.1. The number of carbonyl (C=O) groups is 2. The van der Waals surface area contributed by atoms with E-state index in [1.165, 1.54) is 12.1 Å². The number of nitrogens with zero attached hydrogens (tertiary/aromatic N) is 2. The van der Waals surface area contributed by atoms with E-state index in [-0.39, 0.29) is 24.6 Å². The highest BCUT2D eigenvalue weighted by atomic mass is 19.1. The Morgan fingerprint density at radius 3 is 2.48 bits per heavy atom. The largest absolute Gasteiger partial charge is 0.454 e. The van der Waals surface area contributed by atoms with Crippen molar-refractivity contribution in [1.82, 2.24) is 9.80 Å². The maximum Gasteiger partial charge on any atom is 0.254 e. The smallest absolute Gasteiger partial charge is 0.254 e. The summed E-state index contributed by atoms with van der Waals surface area (Å²) >= 11 is 0. The number of carbonyl (C=O) groups excluding carboxylic acids is 2. The number of hydrogen-bond acceptors (Lipinski definition) is 5. The average Bonchev–Trinajstić information content (AvgIpc) is 3.51. The zero-order valence-electron chi connectivity index (χ0n) is 18.5. The lowest BCUT2D eigenvalue weighted by atomic mass is 9.94. The summed E-state index contributed by atoms with van der Waals surface area (Å²) < 4.78 is 24.3. The Balaban J connectivity index is 1.26. The van der Waals surface area contributed by atoms with Gasteiger partial charge < -0.3 is 19.7 Å². The Hall–Kier alpha value is -3.13. The number of anilines is 1. The van der Waals surface area contributed by atoms with Gasteiger partial charge in [0, 0.05) is 43.5 Å². The molecule has 2 heterocycles. The van der Waals surface area contributed by atoms with Gasteiger partial charge in [-0.2, -0.15) is 0 Å². The molecule has 1 aliphatic carbocycles. The van der Waals surface area contributed by atoms with Crippen LogP contribution in [0.5, 0.6) is 11.5 Å². The second-order valence-corrected chi connectivity index (χ2v) is 8.89. The molecular weight excluding hydrogens is 425 g/mol. The highest BCUT2D eigenvalue weighted by Gasteiger charge is 2.37. The molecule has 1 saturated carbocycles. The summed E-state index contributed by atoms with van der Waals surface area (Å²) in [6, 6.07) is 11.0. The molecule has 2 amide bonds. The number of hydrogen-bond donors (Lipinski definition) is 1. The van der Waals surface area contributed by atoms with Crippen LogP contribution in [0.3, 0.4) is 0 Å². The summed E-state index contributed by atoms with van der Waals surface area (Å²) in [5, 5.41) is 3.07. The first kappa shape index (κ1) is 21.7. The fourth-order valence-corrected chi connectivity index (χ4v) is 5.15. The van der Waals surface area contributed by atoms with Crippen LogP contribution in [-0.2, 0) is 4.79 Å². The Morgan fingerprint density at radius 2 is 1.73 bits per heavy atom. The van der Waals surface area contributed by atoms with E-state index in [1.54, 1.807) is 29.2 Å². The van der Waals surface area contributed by atoms with E-state index in [0.717, 1.165) is 25.7 Å². The molecule has 1 atom stereocenters. The van der Waals surface area contributed by atoms with Crippen molar-refractivity contribution in [3.8, 4) is 11.5 Å². The average molecular weight is 454 g/mol. The Labute approximate surface area is 192 Å². The van der Waals surface area contributed by atoms with Crippen LogP contribution in [0.1, 0.15) is 36.0 Å². The number of amides is 2. The zero-order valence-corrected chi connectivity index (χ0v) is 18.5. The molecule has 2 fully saturated rings. The molecule has 1 unspecified atom stereocenters. The lowest BCUT2D eigenvalue weighted by Gasteiger charge is -2.40. The molecule has 2 aromatic carbocycles. The van der Waals surface area contributed by atoms with Crippen molar-refractivity contribution >= 4 is 17.5 Å². The minimum atomic E-state index is -0.416. The summed E-state index contributed by atoms with van der Waals surface area (Å²) in [6.07, 6.45) is 4.33. The number of halogens is 1. The van der Waals surface area contributed by atoms with Crippen LogP contribution in [0.4, 0.5) is 10.1 Å². The molecule has 1 N–H and O–H groups in total. The van der Waals surface area contributed by atoms with Crippen LogP contribution in [0.25, 0.3) is 0 Å². The molecule has 8 heteroatoms. The van der Waals surface area contributed by atoms with Crippen LogP contribution in [0.2, 0.25) is 0 Å². The van der Waals surface area contributed by atoms with E-state index in [9.17, 15) is 14.0 Å². The van der Waals surface area contributed by atoms with Crippen molar-refractivity contribution in [3.05, 3.63) is 53.8 Å². The number of rotatable bonds is 5. The van der Waals surface area contributed by atoms with E-state index < -0.39 is 5.82 Å². The Morgan fingerprint density at radius 1 is 0.970 bits per heavy atom. The fraction of sp³-hybridized carbons (Fsp3) is 0.440. The lowest BCUT2D eigenvalue weighted by Crippen LogP contribution is -2.56. The van der Waals surface area contributed by atoms with E-state index in [0.29, 0.717) is 54.8 Å². The highest BCUT2D eigenvalue weighted by Crippen LogP contribution is 2.35. The normalized spacial score (nSPS) is 19.5. The van der Waals surface area contributed by atoms with Crippen LogP contribution >= 0.6 is 0 Å². The maximum absolute atomic E-state index is 13.5. The fourth-order valence-electron chi connectivity index (χ4n) is 5.15. The van der Waals surface area contributed by atoms with Crippen LogP contribution in [-0.4, -0.2) is 60.6 Å². The topological polar surface area (TPSA) is 71.1 Å². The third kappa shape index (κ3) is 4.66. The van der Waals surface area contributed by atoms with Crippen molar-refractivity contribution in [2.75, 3.05) is 38.3 Å². The standard InChI is InChI=1S/C25H28FN3O4/c26-19-7-3-6-18(14-19)25(31)29-12-10-28(11-13-29)23(17-4-1-2-5-17)24(30)27-20-8-9-21-22(15-20)33-16-32-21/h3,6-9,14-15,17,23H,1-2,4-5,10-13,16H2,(H,27,30). The quantitative estimate of drug-likeness (QED) is 0.750. The molecule has 2 aliphatic heterocycles. The van der Waals surface area contributed by atoms with Crippen molar-refractivity contribution in [1.29, 1.82) is 0 Å². The number of fused-ring (bicyclic) bond motifs is 1. The molecule has 1 saturated heterocycles. The minimum Gasteiger partial charge on any atom is -0.454 e. The monoisotopic (exact) mass is 453 g/mol. The van der Waals surface area contributed by atoms with Gasteiger partial charge in [0.25, 0.3) is 5.91 Å². The number of ether oxygens (including phenoxy) is 2. The van der Waals surface area contributed by atoms with Crippen molar-refractivity contribution in [3.63, 3.8) is 0 Å². The molecule has 3 aliphatic rings. The van der Waals surface area contributed by atoms with E-state index in [2.05, 4.69) is 10.2 Å². The second kappa shape index (κ2) is 9.39. The maximum atomic E-state index is 13.5. The number of nitrogens with one attached hydrogen (secondary N) is 1. The molecule has 0 bridgehead atoms. The molecule has 2 aromatic rings. The molecule has 0 radical (unpaired) electrons. The van der Waals surface area contributed by atoms with Gasteiger partial charge in [0.15, 0.2) is 11.5 Å². The van der Waals surface area contributed by atoms with Gasteiger partial charge in [0.05, 0.1) is 6.04 Å². The third-order valence-corrected chi connectivity index (χ3v) is 6.82. The van der Waals surface area contributed by atoms with Crippen LogP contribution < -0.4 is 14.8 Å². The molecule has 0 aromatic heterocycles. The number of benzene rings is 2. The first-order valence-corrected chi connectivity index (χ1v) is 11.6. The van der Waals surface area contributed by atoms with Gasteiger partial charge in [0.1, 0.15) is 5.82 Å². The van der Waals surface area contributed by atoms with E-state index in [4.69, 9.17) is 9.47 Å². The molecule has 0 spiro atoms. The Kier molecular flexibility index (Phi) is 6.17. The SMILES string of the molecule is O=C(Nc1ccc2c(c1)OCO2)C(C1CCCC1)N1CCN(C(=O)c2cccc(F)c2)CC1. The summed E-state index contributed by atoms with van der Waals surface area (Å²) in [5.74, 6) is 1.00. The summed E-state index contributed by atoms with van der Waals surface area (Å²) in [7, 11) is 0. The van der Waals surface area contributed by atoms with Gasteiger partial charge in [-0.25, -0.2) is 4.39 Å². The minimum absolute atomic E-state index is 0.0225. The number of piperazine rings is 1. The zero-order chi connectivity index (χ0) is 22.8. The predicted molar refractivity (Wildman–Crippen MR) is 121 cm³/mol. The molecule has 33 heavy (non-hydrogen) atoms. The van der Waals surface area contributed by atoms with Gasteiger partial charge in [0.2, 0.25) is 12.7 Å². The highest BCUT2D eigenvalue weighted by molar-refractivity contribution is 5.96. The molecule has 174 valence electrons. The Bertz CT molecular complexity index is 1030. The predicted octanol–water partition coefficient (Wildman–Crippen LogP) is 3.51. The summed E-state index contributed by atoms with van der Waals surface area (Å²) in [6.45, 7) is 2.43. The molecule has 7 nitrogen and oxygen atoms in total. The lowest BCUT2D eigenvalue weighted by molar-refractivity contribution is -0.123. The third-order valence-electron chi connectivity index (χ3n) is 6.82. The summed E-state index contributed by atoms with van der Waals surface area (Å²) in [5.41, 5.74) is 1.04. The van der Waals surface area contributed by atoms with Gasteiger partial charge in [-0.15, -0.1) is 0 Å². The molecule has 5 rings (SSSR count). The van der Waals surface area contributed by atoms with Gasteiger partial charge in [-0.05, 0) is 49.1 Å². The van der Waals surface area contributed by atoms with Crippen LogP contribution in [0.15, 0.2) is 42.5 Å². The van der Waals surface area contributed by atoms with Crippen LogP contribution in [0, 0.1) is 11.7 Å². The van der Waals surface area contributed by atoms with E-state index >= 15 is 0 Å². The van der Waals surface area contributed by atoms with Crippen molar-refractivity contribution in [2.24, 2.45) is 5.92 Å².